The predicted molar refractivity (Wildman–Crippen MR) is 126 cm³/mol. The fraction of sp³-hybridized carbons (Fsp3) is 0.120. The van der Waals surface area contributed by atoms with Crippen LogP contribution in [0.15, 0.2) is 88.4 Å². The molecule has 2 N–H and O–H groups in total. The highest BCUT2D eigenvalue weighted by Crippen LogP contribution is 2.40. The summed E-state index contributed by atoms with van der Waals surface area (Å²) < 4.78 is 2.89. The molecule has 2 heterocycles. The highest BCUT2D eigenvalue weighted by molar-refractivity contribution is 9.10. The molecule has 5 rings (SSSR count). The van der Waals surface area contributed by atoms with Gasteiger partial charge in [0, 0.05) is 22.4 Å². The standard InChI is InChI=1S/C25H21BrN4/c1-16-7-9-19(10-8-16)23-24-21(17-11-13-20(26)14-12-17)15-22(18-5-3-2-4-6-18)29-30(24)25(27)28-23/h2-14,21H,15H2,1H3,(H2,27,28). The fourth-order valence-electron chi connectivity index (χ4n) is 4.01. The maximum atomic E-state index is 6.37. The quantitative estimate of drug-likeness (QED) is 0.411. The van der Waals surface area contributed by atoms with E-state index in [9.17, 15) is 0 Å². The number of fused-ring (bicyclic) bond motifs is 1. The van der Waals surface area contributed by atoms with Crippen molar-refractivity contribution in [2.45, 2.75) is 19.3 Å². The molecule has 0 aliphatic carbocycles. The van der Waals surface area contributed by atoms with Gasteiger partial charge >= 0.3 is 0 Å². The zero-order valence-corrected chi connectivity index (χ0v) is 18.2. The molecule has 5 heteroatoms. The number of hydrogen-bond donors (Lipinski definition) is 1. The van der Waals surface area contributed by atoms with E-state index >= 15 is 0 Å². The van der Waals surface area contributed by atoms with E-state index < -0.39 is 0 Å². The van der Waals surface area contributed by atoms with Crippen molar-refractivity contribution in [2.75, 3.05) is 5.73 Å². The van der Waals surface area contributed by atoms with E-state index in [2.05, 4.69) is 83.5 Å². The number of imidazole rings is 1. The molecule has 0 saturated carbocycles. The number of nitrogen functional groups attached to an aromatic ring is 1. The average Bonchev–Trinajstić information content (AvgIpc) is 3.11. The van der Waals surface area contributed by atoms with E-state index in [0.29, 0.717) is 5.95 Å². The van der Waals surface area contributed by atoms with Crippen molar-refractivity contribution in [1.82, 2.24) is 9.66 Å². The molecular formula is C25H21BrN4. The van der Waals surface area contributed by atoms with Crippen molar-refractivity contribution in [2.24, 2.45) is 5.10 Å². The van der Waals surface area contributed by atoms with E-state index in [1.54, 1.807) is 0 Å². The highest BCUT2D eigenvalue weighted by atomic mass is 79.9. The molecule has 4 nitrogen and oxygen atoms in total. The van der Waals surface area contributed by atoms with Crippen LogP contribution in [0.2, 0.25) is 0 Å². The Morgan fingerprint density at radius 1 is 0.900 bits per heavy atom. The van der Waals surface area contributed by atoms with Crippen molar-refractivity contribution >= 4 is 27.6 Å². The molecule has 0 bridgehead atoms. The van der Waals surface area contributed by atoms with Gasteiger partial charge in [-0.1, -0.05) is 88.2 Å². The van der Waals surface area contributed by atoms with Crippen LogP contribution in [0.25, 0.3) is 11.3 Å². The molecule has 1 atom stereocenters. The molecule has 3 aromatic carbocycles. The summed E-state index contributed by atoms with van der Waals surface area (Å²) in [6.45, 7) is 2.09. The topological polar surface area (TPSA) is 56.2 Å². The number of aromatic nitrogens is 2. The van der Waals surface area contributed by atoms with Gasteiger partial charge in [0.1, 0.15) is 0 Å². The highest BCUT2D eigenvalue weighted by Gasteiger charge is 2.31. The minimum absolute atomic E-state index is 0.104. The lowest BCUT2D eigenvalue weighted by Crippen LogP contribution is -2.21. The van der Waals surface area contributed by atoms with E-state index in [1.807, 2.05) is 22.9 Å². The third-order valence-corrected chi connectivity index (χ3v) is 6.10. The third kappa shape index (κ3) is 3.35. The Balaban J connectivity index is 1.72. The normalized spacial score (nSPS) is 15.5. The van der Waals surface area contributed by atoms with Gasteiger partial charge in [-0.05, 0) is 30.2 Å². The molecule has 0 amide bonds. The third-order valence-electron chi connectivity index (χ3n) is 5.57. The van der Waals surface area contributed by atoms with E-state index in [-0.39, 0.29) is 5.92 Å². The van der Waals surface area contributed by atoms with E-state index in [4.69, 9.17) is 15.8 Å². The van der Waals surface area contributed by atoms with Crippen molar-refractivity contribution in [1.29, 1.82) is 0 Å². The summed E-state index contributed by atoms with van der Waals surface area (Å²) in [7, 11) is 0. The van der Waals surface area contributed by atoms with Gasteiger partial charge in [-0.15, -0.1) is 0 Å². The van der Waals surface area contributed by atoms with Gasteiger partial charge in [0.25, 0.3) is 0 Å². The van der Waals surface area contributed by atoms with Gasteiger partial charge in [0.05, 0.1) is 17.1 Å². The Morgan fingerprint density at radius 2 is 1.60 bits per heavy atom. The van der Waals surface area contributed by atoms with Crippen LogP contribution < -0.4 is 5.73 Å². The number of benzene rings is 3. The van der Waals surface area contributed by atoms with Gasteiger partial charge in [0.15, 0.2) is 0 Å². The Labute approximate surface area is 184 Å². The monoisotopic (exact) mass is 456 g/mol. The molecule has 30 heavy (non-hydrogen) atoms. The number of nitrogens with zero attached hydrogens (tertiary/aromatic N) is 3. The van der Waals surface area contributed by atoms with Gasteiger partial charge in [-0.25, -0.2) is 9.66 Å². The summed E-state index contributed by atoms with van der Waals surface area (Å²) in [6.07, 6.45) is 0.787. The number of nitrogens with two attached hydrogens (primary N) is 1. The number of anilines is 1. The minimum Gasteiger partial charge on any atom is -0.368 e. The van der Waals surface area contributed by atoms with Gasteiger partial charge in [-0.2, -0.15) is 5.10 Å². The Bertz CT molecular complexity index is 1220. The first-order valence-corrected chi connectivity index (χ1v) is 10.7. The summed E-state index contributed by atoms with van der Waals surface area (Å²) >= 11 is 3.55. The number of aryl methyl sites for hydroxylation is 1. The van der Waals surface area contributed by atoms with Crippen molar-refractivity contribution in [3.05, 3.63) is 106 Å². The van der Waals surface area contributed by atoms with E-state index in [0.717, 1.165) is 39.1 Å². The zero-order valence-electron chi connectivity index (χ0n) is 16.6. The maximum Gasteiger partial charge on any atom is 0.222 e. The number of hydrogen-bond acceptors (Lipinski definition) is 3. The van der Waals surface area contributed by atoms with Gasteiger partial charge in [0.2, 0.25) is 5.95 Å². The largest absolute Gasteiger partial charge is 0.368 e. The van der Waals surface area contributed by atoms with Crippen LogP contribution in [0.4, 0.5) is 5.95 Å². The van der Waals surface area contributed by atoms with Crippen LogP contribution in [0.1, 0.15) is 34.7 Å². The first kappa shape index (κ1) is 18.8. The van der Waals surface area contributed by atoms with Crippen LogP contribution in [0, 0.1) is 6.92 Å². The van der Waals surface area contributed by atoms with Gasteiger partial charge < -0.3 is 5.73 Å². The summed E-state index contributed by atoms with van der Waals surface area (Å²) in [6, 6.07) is 27.2. The van der Waals surface area contributed by atoms with Gasteiger partial charge in [-0.3, -0.25) is 0 Å². The lowest BCUT2D eigenvalue weighted by molar-refractivity contribution is 0.696. The molecule has 0 spiro atoms. The Hall–Kier alpha value is -3.18. The van der Waals surface area contributed by atoms with Crippen LogP contribution in [0.5, 0.6) is 0 Å². The molecule has 0 saturated heterocycles. The second-order valence-electron chi connectivity index (χ2n) is 7.60. The molecule has 1 aromatic heterocycles. The summed E-state index contributed by atoms with van der Waals surface area (Å²) in [4.78, 5) is 4.74. The molecule has 4 aromatic rings. The summed E-state index contributed by atoms with van der Waals surface area (Å²) in [5.41, 5.74) is 13.9. The molecule has 0 fully saturated rings. The van der Waals surface area contributed by atoms with Crippen molar-refractivity contribution in [3.8, 4) is 11.3 Å². The Morgan fingerprint density at radius 3 is 2.30 bits per heavy atom. The second-order valence-corrected chi connectivity index (χ2v) is 8.52. The molecule has 148 valence electrons. The first-order valence-electron chi connectivity index (χ1n) is 9.94. The van der Waals surface area contributed by atoms with Crippen molar-refractivity contribution in [3.63, 3.8) is 0 Å². The number of halogens is 1. The lowest BCUT2D eigenvalue weighted by Gasteiger charge is -2.25. The smallest absolute Gasteiger partial charge is 0.222 e. The molecule has 1 aliphatic rings. The average molecular weight is 457 g/mol. The molecule has 1 aliphatic heterocycles. The van der Waals surface area contributed by atoms with Crippen LogP contribution >= 0.6 is 15.9 Å². The predicted octanol–water partition coefficient (Wildman–Crippen LogP) is 5.99. The van der Waals surface area contributed by atoms with Crippen LogP contribution in [-0.4, -0.2) is 15.4 Å². The summed E-state index contributed by atoms with van der Waals surface area (Å²) in [5, 5.41) is 4.91. The molecule has 0 radical (unpaired) electrons. The SMILES string of the molecule is Cc1ccc(-c2nc(N)n3c2C(c2ccc(Br)cc2)CC(c2ccccc2)=N3)cc1. The minimum atomic E-state index is 0.104. The molecular weight excluding hydrogens is 436 g/mol. The van der Waals surface area contributed by atoms with Crippen molar-refractivity contribution < 1.29 is 0 Å². The van der Waals surface area contributed by atoms with Crippen LogP contribution in [-0.2, 0) is 0 Å². The zero-order chi connectivity index (χ0) is 20.7. The fourth-order valence-corrected chi connectivity index (χ4v) is 4.28. The summed E-state index contributed by atoms with van der Waals surface area (Å²) in [5.74, 6) is 0.516. The maximum absolute atomic E-state index is 6.37. The second kappa shape index (κ2) is 7.58. The lowest BCUT2D eigenvalue weighted by atomic mass is 9.85. The first-order chi connectivity index (χ1) is 14.6. The Kier molecular flexibility index (Phi) is 4.75. The van der Waals surface area contributed by atoms with E-state index in [1.165, 1.54) is 11.1 Å². The van der Waals surface area contributed by atoms with Crippen LogP contribution in [0.3, 0.4) is 0 Å². The molecule has 1 unspecified atom stereocenters. The number of rotatable bonds is 3.